The standard InChI is InChI=1S/C26H33N3O6S/c1-18-15-29(19(2)17-30)36(33,34)25-11-10-21(9-8-20(3)31)13-23(25)35-24(18)16-28(4)26(32)14-22-7-5-6-12-27-22/h5-7,10-13,18-20,24,30-31H,14-17H2,1-4H3/t18-,19+,20+,24-/m1/s1. The van der Waals surface area contributed by atoms with Crippen LogP contribution in [-0.4, -0.2) is 83.7 Å². The van der Waals surface area contributed by atoms with Gasteiger partial charge >= 0.3 is 0 Å². The number of hydrogen-bond donors (Lipinski definition) is 2. The molecule has 2 heterocycles. The molecule has 0 saturated heterocycles. The molecule has 2 aromatic rings. The van der Waals surface area contributed by atoms with Crippen LogP contribution in [0.5, 0.6) is 5.75 Å². The molecule has 0 saturated carbocycles. The van der Waals surface area contributed by atoms with E-state index < -0.39 is 28.3 Å². The number of benzene rings is 1. The molecule has 0 aliphatic carbocycles. The van der Waals surface area contributed by atoms with Crippen molar-refractivity contribution in [2.45, 2.75) is 50.3 Å². The molecule has 3 rings (SSSR count). The van der Waals surface area contributed by atoms with E-state index in [0.717, 1.165) is 0 Å². The largest absolute Gasteiger partial charge is 0.487 e. The summed E-state index contributed by atoms with van der Waals surface area (Å²) in [6.07, 6.45) is 0.389. The predicted molar refractivity (Wildman–Crippen MR) is 135 cm³/mol. The van der Waals surface area contributed by atoms with Crippen molar-refractivity contribution >= 4 is 15.9 Å². The Kier molecular flexibility index (Phi) is 9.08. The molecule has 36 heavy (non-hydrogen) atoms. The van der Waals surface area contributed by atoms with Gasteiger partial charge in [0.15, 0.2) is 0 Å². The summed E-state index contributed by atoms with van der Waals surface area (Å²) in [6.45, 7) is 5.03. The molecular formula is C26H33N3O6S. The number of hydrogen-bond acceptors (Lipinski definition) is 7. The van der Waals surface area contributed by atoms with Crippen LogP contribution < -0.4 is 4.74 Å². The van der Waals surface area contributed by atoms with Crippen molar-refractivity contribution < 1.29 is 28.2 Å². The topological polar surface area (TPSA) is 120 Å². The summed E-state index contributed by atoms with van der Waals surface area (Å²) in [5, 5.41) is 19.3. The molecule has 4 atom stereocenters. The van der Waals surface area contributed by atoms with Gasteiger partial charge in [0.2, 0.25) is 15.9 Å². The third-order valence-electron chi connectivity index (χ3n) is 6.03. The van der Waals surface area contributed by atoms with Crippen molar-refractivity contribution in [3.63, 3.8) is 0 Å². The number of aliphatic hydroxyl groups excluding tert-OH is 2. The van der Waals surface area contributed by atoms with Gasteiger partial charge in [0, 0.05) is 43.0 Å². The molecule has 0 unspecified atom stereocenters. The first-order valence-corrected chi connectivity index (χ1v) is 13.2. The Morgan fingerprint density at radius 1 is 1.31 bits per heavy atom. The summed E-state index contributed by atoms with van der Waals surface area (Å²) in [5.41, 5.74) is 1.14. The van der Waals surface area contributed by atoms with Crippen LogP contribution >= 0.6 is 0 Å². The average Bonchev–Trinajstić information content (AvgIpc) is 2.84. The number of ether oxygens (including phenoxy) is 1. The molecule has 0 bridgehead atoms. The van der Waals surface area contributed by atoms with E-state index in [1.54, 1.807) is 43.3 Å². The maximum atomic E-state index is 13.5. The van der Waals surface area contributed by atoms with Gasteiger partial charge in [-0.2, -0.15) is 4.31 Å². The fourth-order valence-corrected chi connectivity index (χ4v) is 5.70. The van der Waals surface area contributed by atoms with Gasteiger partial charge in [0.25, 0.3) is 0 Å². The summed E-state index contributed by atoms with van der Waals surface area (Å²) >= 11 is 0. The van der Waals surface area contributed by atoms with Gasteiger partial charge in [-0.1, -0.05) is 24.8 Å². The van der Waals surface area contributed by atoms with E-state index in [1.165, 1.54) is 23.4 Å². The van der Waals surface area contributed by atoms with Crippen LogP contribution in [0.4, 0.5) is 0 Å². The van der Waals surface area contributed by atoms with Crippen LogP contribution in [0.25, 0.3) is 0 Å². The van der Waals surface area contributed by atoms with Crippen molar-refractivity contribution in [1.29, 1.82) is 0 Å². The fraction of sp³-hybridized carbons (Fsp3) is 0.462. The lowest BCUT2D eigenvalue weighted by molar-refractivity contribution is -0.130. The van der Waals surface area contributed by atoms with Crippen molar-refractivity contribution in [3.05, 3.63) is 53.9 Å². The van der Waals surface area contributed by atoms with E-state index in [9.17, 15) is 23.4 Å². The quantitative estimate of drug-likeness (QED) is 0.556. The number of rotatable bonds is 6. The highest BCUT2D eigenvalue weighted by Gasteiger charge is 2.38. The second-order valence-electron chi connectivity index (χ2n) is 9.12. The summed E-state index contributed by atoms with van der Waals surface area (Å²) in [7, 11) is -2.30. The van der Waals surface area contributed by atoms with E-state index in [2.05, 4.69) is 16.8 Å². The third kappa shape index (κ3) is 6.62. The van der Waals surface area contributed by atoms with Gasteiger partial charge < -0.3 is 19.8 Å². The van der Waals surface area contributed by atoms with E-state index in [0.29, 0.717) is 11.3 Å². The molecule has 2 N–H and O–H groups in total. The minimum Gasteiger partial charge on any atom is -0.487 e. The number of nitrogens with zero attached hydrogens (tertiary/aromatic N) is 3. The van der Waals surface area contributed by atoms with Crippen LogP contribution in [0, 0.1) is 17.8 Å². The zero-order valence-electron chi connectivity index (χ0n) is 21.0. The molecule has 1 aliphatic rings. The minimum absolute atomic E-state index is 0.0373. The predicted octanol–water partition coefficient (Wildman–Crippen LogP) is 1.28. The van der Waals surface area contributed by atoms with Crippen LogP contribution in [-0.2, 0) is 21.2 Å². The molecule has 0 fully saturated rings. The van der Waals surface area contributed by atoms with Gasteiger partial charge in [0.05, 0.1) is 19.6 Å². The SMILES string of the molecule is C[C@H](O)C#Cc1ccc2c(c1)O[C@H](CN(C)C(=O)Cc1ccccn1)[C@H](C)CN([C@@H](C)CO)S2(=O)=O. The number of carbonyl (C=O) groups is 1. The zero-order chi connectivity index (χ0) is 26.5. The molecule has 9 nitrogen and oxygen atoms in total. The van der Waals surface area contributed by atoms with E-state index in [-0.39, 0.29) is 48.6 Å². The zero-order valence-corrected chi connectivity index (χ0v) is 21.8. The highest BCUT2D eigenvalue weighted by atomic mass is 32.2. The van der Waals surface area contributed by atoms with Gasteiger partial charge in [0.1, 0.15) is 22.9 Å². The fourth-order valence-electron chi connectivity index (χ4n) is 3.87. The van der Waals surface area contributed by atoms with Crippen molar-refractivity contribution in [3.8, 4) is 17.6 Å². The lowest BCUT2D eigenvalue weighted by Gasteiger charge is -2.37. The molecule has 10 heteroatoms. The number of sulfonamides is 1. The van der Waals surface area contributed by atoms with Crippen LogP contribution in [0.3, 0.4) is 0 Å². The lowest BCUT2D eigenvalue weighted by Crippen LogP contribution is -2.50. The van der Waals surface area contributed by atoms with Crippen molar-refractivity contribution in [2.75, 3.05) is 26.7 Å². The number of aromatic nitrogens is 1. The number of fused-ring (bicyclic) bond motifs is 1. The van der Waals surface area contributed by atoms with Gasteiger partial charge in [-0.15, -0.1) is 0 Å². The summed E-state index contributed by atoms with van der Waals surface area (Å²) in [4.78, 5) is 18.6. The van der Waals surface area contributed by atoms with E-state index in [4.69, 9.17) is 4.74 Å². The Labute approximate surface area is 212 Å². The highest BCUT2D eigenvalue weighted by Crippen LogP contribution is 2.34. The first kappa shape index (κ1) is 27.6. The van der Waals surface area contributed by atoms with Crippen LogP contribution in [0.1, 0.15) is 32.0 Å². The number of amides is 1. The highest BCUT2D eigenvalue weighted by molar-refractivity contribution is 7.89. The Morgan fingerprint density at radius 3 is 2.69 bits per heavy atom. The second-order valence-corrected chi connectivity index (χ2v) is 11.0. The normalized spacial score (nSPS) is 20.9. The molecule has 1 aromatic carbocycles. The molecule has 1 aromatic heterocycles. The molecule has 1 amide bonds. The second kappa shape index (κ2) is 11.8. The monoisotopic (exact) mass is 515 g/mol. The Bertz CT molecular complexity index is 1220. The number of aliphatic hydroxyl groups is 2. The molecule has 0 spiro atoms. The molecule has 194 valence electrons. The van der Waals surface area contributed by atoms with E-state index >= 15 is 0 Å². The summed E-state index contributed by atoms with van der Waals surface area (Å²) in [5.74, 6) is 5.12. The van der Waals surface area contributed by atoms with Crippen molar-refractivity contribution in [2.24, 2.45) is 5.92 Å². The van der Waals surface area contributed by atoms with E-state index in [1.807, 2.05) is 13.0 Å². The lowest BCUT2D eigenvalue weighted by atomic mass is 10.0. The Morgan fingerprint density at radius 2 is 2.06 bits per heavy atom. The number of pyridine rings is 1. The Hall–Kier alpha value is -2.97. The first-order chi connectivity index (χ1) is 17.0. The minimum atomic E-state index is -3.98. The third-order valence-corrected chi connectivity index (χ3v) is 8.05. The smallest absolute Gasteiger partial charge is 0.247 e. The summed E-state index contributed by atoms with van der Waals surface area (Å²) < 4.78 is 34.6. The molecule has 0 radical (unpaired) electrons. The molecular weight excluding hydrogens is 482 g/mol. The van der Waals surface area contributed by atoms with Crippen LogP contribution in [0.15, 0.2) is 47.5 Å². The average molecular weight is 516 g/mol. The van der Waals surface area contributed by atoms with Gasteiger partial charge in [-0.3, -0.25) is 9.78 Å². The maximum absolute atomic E-state index is 13.5. The van der Waals surface area contributed by atoms with Crippen molar-refractivity contribution in [1.82, 2.24) is 14.2 Å². The number of likely N-dealkylation sites (N-methyl/N-ethyl adjacent to an activating group) is 1. The first-order valence-electron chi connectivity index (χ1n) is 11.8. The maximum Gasteiger partial charge on any atom is 0.247 e. The van der Waals surface area contributed by atoms with Crippen LogP contribution in [0.2, 0.25) is 0 Å². The molecule has 1 aliphatic heterocycles. The van der Waals surface area contributed by atoms with Gasteiger partial charge in [-0.05, 0) is 44.2 Å². The summed E-state index contributed by atoms with van der Waals surface area (Å²) in [6, 6.07) is 9.25. The Balaban J connectivity index is 1.96. The number of carbonyl (C=O) groups excluding carboxylic acids is 1. The van der Waals surface area contributed by atoms with Gasteiger partial charge in [-0.25, -0.2) is 8.42 Å².